The Kier molecular flexibility index (Phi) is 8.63. The van der Waals surface area contributed by atoms with Gasteiger partial charge in [0.1, 0.15) is 24.8 Å². The Morgan fingerprint density at radius 3 is 2.63 bits per heavy atom. The number of hydrogen-bond donors (Lipinski definition) is 2. The summed E-state index contributed by atoms with van der Waals surface area (Å²) < 4.78 is 11.1. The van der Waals surface area contributed by atoms with Crippen LogP contribution in [0.4, 0.5) is 17.3 Å². The minimum atomic E-state index is -0.239. The highest BCUT2D eigenvalue weighted by Crippen LogP contribution is 2.26. The van der Waals surface area contributed by atoms with Crippen LogP contribution in [0.1, 0.15) is 15.9 Å². The molecule has 218 valence electrons. The molecule has 2 aliphatic heterocycles. The molecule has 1 amide bonds. The third kappa shape index (κ3) is 6.86. The van der Waals surface area contributed by atoms with Crippen LogP contribution in [0.2, 0.25) is 0 Å². The Morgan fingerprint density at radius 2 is 1.91 bits per heavy atom. The predicted octanol–water partition coefficient (Wildman–Crippen LogP) is 2.88. The van der Waals surface area contributed by atoms with Gasteiger partial charge < -0.3 is 25.0 Å². The molecular weight excluding hydrogens is 546 g/mol. The summed E-state index contributed by atoms with van der Waals surface area (Å²) in [5, 5.41) is 15.7. The molecule has 0 unspecified atom stereocenters. The number of amides is 1. The molecule has 12 nitrogen and oxygen atoms in total. The molecule has 4 aromatic rings. The zero-order chi connectivity index (χ0) is 29.4. The van der Waals surface area contributed by atoms with Gasteiger partial charge in [0.25, 0.3) is 5.91 Å². The van der Waals surface area contributed by atoms with Crippen LogP contribution in [-0.4, -0.2) is 89.3 Å². The van der Waals surface area contributed by atoms with Crippen molar-refractivity contribution in [2.45, 2.75) is 6.04 Å². The van der Waals surface area contributed by atoms with Crippen molar-refractivity contribution in [3.8, 4) is 23.2 Å². The van der Waals surface area contributed by atoms with Crippen molar-refractivity contribution in [2.75, 3.05) is 62.8 Å². The Hall–Kier alpha value is -5.12. The van der Waals surface area contributed by atoms with Crippen molar-refractivity contribution in [2.24, 2.45) is 0 Å². The van der Waals surface area contributed by atoms with E-state index in [2.05, 4.69) is 58.6 Å². The average molecular weight is 578 g/mol. The third-order valence-electron chi connectivity index (χ3n) is 7.44. The molecule has 12 heteroatoms. The number of pyridine rings is 1. The number of nitrogens with one attached hydrogen (secondary N) is 2. The lowest BCUT2D eigenvalue weighted by atomic mass is 10.1. The fourth-order valence-electron chi connectivity index (χ4n) is 4.97. The Morgan fingerprint density at radius 1 is 1.07 bits per heavy atom. The fraction of sp³-hybridized carbons (Fsp3) is 0.290. The van der Waals surface area contributed by atoms with Crippen molar-refractivity contribution < 1.29 is 14.3 Å². The summed E-state index contributed by atoms with van der Waals surface area (Å²) in [6.07, 6.45) is 4.54. The molecule has 6 rings (SSSR count). The monoisotopic (exact) mass is 577 g/mol. The van der Waals surface area contributed by atoms with E-state index in [0.717, 1.165) is 45.1 Å². The van der Waals surface area contributed by atoms with Gasteiger partial charge >= 0.3 is 0 Å². The Balaban J connectivity index is 1.03. The van der Waals surface area contributed by atoms with E-state index in [0.29, 0.717) is 40.3 Å². The maximum absolute atomic E-state index is 12.2. The lowest BCUT2D eigenvalue weighted by Gasteiger charge is -2.43. The van der Waals surface area contributed by atoms with E-state index in [1.165, 1.54) is 18.2 Å². The van der Waals surface area contributed by atoms with E-state index in [9.17, 15) is 10.1 Å². The van der Waals surface area contributed by atoms with Gasteiger partial charge in [-0.3, -0.25) is 14.7 Å². The summed E-state index contributed by atoms with van der Waals surface area (Å²) in [6, 6.07) is 19.5. The van der Waals surface area contributed by atoms with Gasteiger partial charge in [-0.05, 0) is 54.6 Å². The molecule has 4 heterocycles. The van der Waals surface area contributed by atoms with E-state index in [4.69, 9.17) is 9.47 Å². The Bertz CT molecular complexity index is 1580. The molecule has 2 aliphatic rings. The molecule has 0 saturated carbocycles. The molecule has 2 N–H and O–H groups in total. The van der Waals surface area contributed by atoms with Gasteiger partial charge in [-0.15, -0.1) is 0 Å². The first-order valence-corrected chi connectivity index (χ1v) is 14.1. The number of piperazine rings is 1. The zero-order valence-electron chi connectivity index (χ0n) is 23.5. The van der Waals surface area contributed by atoms with E-state index in [1.807, 2.05) is 12.1 Å². The number of nitriles is 1. The first-order chi connectivity index (χ1) is 21.2. The fourth-order valence-corrected chi connectivity index (χ4v) is 4.97. The van der Waals surface area contributed by atoms with Crippen molar-refractivity contribution in [1.29, 1.82) is 5.26 Å². The molecule has 0 atom stereocenters. The van der Waals surface area contributed by atoms with Crippen molar-refractivity contribution in [3.63, 3.8) is 0 Å². The quantitative estimate of drug-likeness (QED) is 0.269. The molecule has 0 spiro atoms. The number of anilines is 3. The second kappa shape index (κ2) is 13.2. The summed E-state index contributed by atoms with van der Waals surface area (Å²) >= 11 is 0. The second-order valence-electron chi connectivity index (χ2n) is 10.2. The molecule has 2 aromatic heterocycles. The van der Waals surface area contributed by atoms with Crippen molar-refractivity contribution in [1.82, 2.24) is 30.2 Å². The molecule has 2 aromatic carbocycles. The highest BCUT2D eigenvalue weighted by atomic mass is 16.5. The van der Waals surface area contributed by atoms with Gasteiger partial charge in [0.05, 0.1) is 36.9 Å². The number of benzene rings is 2. The smallest absolute Gasteiger partial charge is 0.252 e. The maximum atomic E-state index is 12.2. The standard InChI is InChI=1S/C31H31N9O3/c32-17-24-16-22(3-8-28(24)43-15-10-34-30(41)23-2-1-9-33-18-23)29-35-21-36-31(38-29)37-25-4-6-26(7-5-25)39-11-13-40(14-12-39)27-19-42-20-27/h1-9,16,18,21,27H,10-15,19-20H2,(H,34,41)(H,35,36,37,38). The number of hydrogen-bond acceptors (Lipinski definition) is 11. The van der Waals surface area contributed by atoms with Crippen molar-refractivity contribution >= 4 is 23.2 Å². The molecular formula is C31H31N9O3. The molecule has 2 fully saturated rings. The molecule has 0 aliphatic carbocycles. The molecule has 43 heavy (non-hydrogen) atoms. The number of carbonyl (C=O) groups is 1. The highest BCUT2D eigenvalue weighted by molar-refractivity contribution is 5.93. The summed E-state index contributed by atoms with van der Waals surface area (Å²) in [6.45, 7) is 6.28. The van der Waals surface area contributed by atoms with Gasteiger partial charge in [-0.1, -0.05) is 0 Å². The van der Waals surface area contributed by atoms with Crippen LogP contribution < -0.4 is 20.3 Å². The second-order valence-corrected chi connectivity index (χ2v) is 10.2. The van der Waals surface area contributed by atoms with Crippen LogP contribution in [0.25, 0.3) is 11.4 Å². The van der Waals surface area contributed by atoms with Crippen LogP contribution in [0.15, 0.2) is 73.3 Å². The van der Waals surface area contributed by atoms with Crippen molar-refractivity contribution in [3.05, 3.63) is 84.4 Å². The highest BCUT2D eigenvalue weighted by Gasteiger charge is 2.28. The largest absolute Gasteiger partial charge is 0.490 e. The van der Waals surface area contributed by atoms with Gasteiger partial charge in [-0.2, -0.15) is 10.2 Å². The number of ether oxygens (including phenoxy) is 2. The first kappa shape index (κ1) is 28.0. The molecule has 0 bridgehead atoms. The Labute approximate surface area is 249 Å². The topological polar surface area (TPSA) is 141 Å². The lowest BCUT2D eigenvalue weighted by Crippen LogP contribution is -2.56. The van der Waals surface area contributed by atoms with Crippen LogP contribution in [0.5, 0.6) is 5.75 Å². The lowest BCUT2D eigenvalue weighted by molar-refractivity contribution is -0.0660. The maximum Gasteiger partial charge on any atom is 0.252 e. The first-order valence-electron chi connectivity index (χ1n) is 14.1. The average Bonchev–Trinajstić information content (AvgIpc) is 3.03. The number of aromatic nitrogens is 4. The molecule has 0 radical (unpaired) electrons. The van der Waals surface area contributed by atoms with E-state index in [-0.39, 0.29) is 19.1 Å². The molecule has 2 saturated heterocycles. The van der Waals surface area contributed by atoms with E-state index >= 15 is 0 Å². The predicted molar refractivity (Wildman–Crippen MR) is 160 cm³/mol. The van der Waals surface area contributed by atoms with Crippen LogP contribution in [0, 0.1) is 11.3 Å². The summed E-state index contributed by atoms with van der Waals surface area (Å²) in [5.74, 6) is 0.997. The van der Waals surface area contributed by atoms with Crippen LogP contribution in [-0.2, 0) is 4.74 Å². The minimum absolute atomic E-state index is 0.199. The van der Waals surface area contributed by atoms with Gasteiger partial charge in [0, 0.05) is 55.5 Å². The zero-order valence-corrected chi connectivity index (χ0v) is 23.5. The van der Waals surface area contributed by atoms with Crippen LogP contribution in [0.3, 0.4) is 0 Å². The summed E-state index contributed by atoms with van der Waals surface area (Å²) in [7, 11) is 0. The number of carbonyl (C=O) groups excluding carboxylic acids is 1. The SMILES string of the molecule is N#Cc1cc(-c2ncnc(Nc3ccc(N4CCN(C5COC5)CC4)cc3)n2)ccc1OCCNC(=O)c1cccnc1. The number of nitrogens with zero attached hydrogens (tertiary/aromatic N) is 7. The summed E-state index contributed by atoms with van der Waals surface area (Å²) in [4.78, 5) is 34.1. The van der Waals surface area contributed by atoms with E-state index < -0.39 is 0 Å². The van der Waals surface area contributed by atoms with Crippen LogP contribution >= 0.6 is 0 Å². The summed E-state index contributed by atoms with van der Waals surface area (Å²) in [5.41, 5.74) is 3.51. The van der Waals surface area contributed by atoms with E-state index in [1.54, 1.807) is 36.5 Å². The number of rotatable bonds is 10. The van der Waals surface area contributed by atoms with Gasteiger partial charge in [0.15, 0.2) is 5.82 Å². The van der Waals surface area contributed by atoms with Gasteiger partial charge in [-0.25, -0.2) is 9.97 Å². The van der Waals surface area contributed by atoms with Gasteiger partial charge in [0.2, 0.25) is 5.95 Å². The minimum Gasteiger partial charge on any atom is -0.490 e. The third-order valence-corrected chi connectivity index (χ3v) is 7.44. The normalized spacial score (nSPS) is 15.3.